The van der Waals surface area contributed by atoms with E-state index < -0.39 is 17.9 Å². The van der Waals surface area contributed by atoms with E-state index in [1.54, 1.807) is 18.2 Å². The Hall–Kier alpha value is -2.73. The molecule has 0 aliphatic carbocycles. The number of thiophene rings is 1. The lowest BCUT2D eigenvalue weighted by molar-refractivity contribution is 0.250. The second-order valence-electron chi connectivity index (χ2n) is 5.11. The van der Waals surface area contributed by atoms with E-state index in [9.17, 15) is 13.6 Å². The minimum atomic E-state index is -0.469. The van der Waals surface area contributed by atoms with Crippen molar-refractivity contribution in [2.45, 2.75) is 6.04 Å². The normalized spacial score (nSPS) is 11.8. The molecule has 122 valence electrons. The second-order valence-corrected chi connectivity index (χ2v) is 6.09. The van der Waals surface area contributed by atoms with E-state index in [1.807, 2.05) is 17.5 Å². The van der Waals surface area contributed by atoms with Crippen LogP contribution in [0.2, 0.25) is 0 Å². The molecule has 24 heavy (non-hydrogen) atoms. The van der Waals surface area contributed by atoms with Gasteiger partial charge in [-0.25, -0.2) is 13.6 Å². The van der Waals surface area contributed by atoms with Crippen molar-refractivity contribution in [1.82, 2.24) is 5.32 Å². The monoisotopic (exact) mass is 344 g/mol. The largest absolute Gasteiger partial charge is 0.326 e. The van der Waals surface area contributed by atoms with E-state index in [0.29, 0.717) is 5.69 Å². The lowest BCUT2D eigenvalue weighted by Gasteiger charge is -2.18. The number of carbonyl (C=O) groups excluding carboxylic acids is 1. The third-order valence-corrected chi connectivity index (χ3v) is 4.33. The molecule has 3 nitrogen and oxygen atoms in total. The number of hydrogen-bond donors (Lipinski definition) is 2. The summed E-state index contributed by atoms with van der Waals surface area (Å²) in [6.07, 6.45) is 0. The number of hydrogen-bond acceptors (Lipinski definition) is 2. The molecule has 0 radical (unpaired) electrons. The maximum absolute atomic E-state index is 13.2. The first-order valence-electron chi connectivity index (χ1n) is 7.24. The Balaban J connectivity index is 1.79. The fraction of sp³-hybridized carbons (Fsp3) is 0.0556. The van der Waals surface area contributed by atoms with Crippen LogP contribution in [0.5, 0.6) is 0 Å². The third kappa shape index (κ3) is 3.97. The number of benzene rings is 2. The highest BCUT2D eigenvalue weighted by atomic mass is 32.1. The van der Waals surface area contributed by atoms with Crippen molar-refractivity contribution in [1.29, 1.82) is 0 Å². The SMILES string of the molecule is O=C(Nc1cccc(F)c1)NC(c1ccc(F)cc1)c1cccs1. The van der Waals surface area contributed by atoms with Gasteiger partial charge in [0, 0.05) is 10.6 Å². The molecule has 0 aliphatic rings. The van der Waals surface area contributed by atoms with E-state index in [4.69, 9.17) is 0 Å². The first-order valence-corrected chi connectivity index (χ1v) is 8.12. The van der Waals surface area contributed by atoms with Crippen LogP contribution in [-0.4, -0.2) is 6.03 Å². The summed E-state index contributed by atoms with van der Waals surface area (Å²) >= 11 is 1.48. The number of urea groups is 1. The summed E-state index contributed by atoms with van der Waals surface area (Å²) in [5, 5.41) is 7.34. The zero-order valence-corrected chi connectivity index (χ0v) is 13.3. The predicted molar refractivity (Wildman–Crippen MR) is 91.1 cm³/mol. The Bertz CT molecular complexity index is 819. The van der Waals surface area contributed by atoms with Crippen LogP contribution in [0.25, 0.3) is 0 Å². The van der Waals surface area contributed by atoms with Crippen LogP contribution < -0.4 is 10.6 Å². The van der Waals surface area contributed by atoms with Gasteiger partial charge in [0.15, 0.2) is 0 Å². The summed E-state index contributed by atoms with van der Waals surface area (Å²) in [4.78, 5) is 13.2. The number of carbonyl (C=O) groups is 1. The highest BCUT2D eigenvalue weighted by Crippen LogP contribution is 2.26. The van der Waals surface area contributed by atoms with Crippen molar-refractivity contribution >= 4 is 23.1 Å². The standard InChI is InChI=1S/C18H14F2N2OS/c19-13-8-6-12(7-9-13)17(16-5-2-10-24-16)22-18(23)21-15-4-1-3-14(20)11-15/h1-11,17H,(H2,21,22,23). The topological polar surface area (TPSA) is 41.1 Å². The number of amides is 2. The van der Waals surface area contributed by atoms with Gasteiger partial charge in [-0.1, -0.05) is 24.3 Å². The smallest absolute Gasteiger partial charge is 0.320 e. The van der Waals surface area contributed by atoms with Gasteiger partial charge in [-0.15, -0.1) is 11.3 Å². The summed E-state index contributed by atoms with van der Waals surface area (Å²) in [7, 11) is 0. The Morgan fingerprint density at radius 2 is 1.75 bits per heavy atom. The van der Waals surface area contributed by atoms with E-state index in [-0.39, 0.29) is 5.82 Å². The highest BCUT2D eigenvalue weighted by Gasteiger charge is 2.18. The summed E-state index contributed by atoms with van der Waals surface area (Å²) in [6.45, 7) is 0. The van der Waals surface area contributed by atoms with Crippen LogP contribution in [0.1, 0.15) is 16.5 Å². The van der Waals surface area contributed by atoms with E-state index in [1.165, 1.54) is 41.7 Å². The lowest BCUT2D eigenvalue weighted by atomic mass is 10.1. The van der Waals surface area contributed by atoms with Gasteiger partial charge in [0.1, 0.15) is 11.6 Å². The molecule has 2 amide bonds. The van der Waals surface area contributed by atoms with Crippen LogP contribution in [-0.2, 0) is 0 Å². The van der Waals surface area contributed by atoms with Crippen molar-refractivity contribution in [2.75, 3.05) is 5.32 Å². The lowest BCUT2D eigenvalue weighted by Crippen LogP contribution is -2.32. The highest BCUT2D eigenvalue weighted by molar-refractivity contribution is 7.10. The van der Waals surface area contributed by atoms with E-state index >= 15 is 0 Å². The minimum Gasteiger partial charge on any atom is -0.326 e. The fourth-order valence-corrected chi connectivity index (χ4v) is 3.10. The van der Waals surface area contributed by atoms with Gasteiger partial charge >= 0.3 is 6.03 Å². The van der Waals surface area contributed by atoms with E-state index in [2.05, 4.69) is 10.6 Å². The average Bonchev–Trinajstić information content (AvgIpc) is 3.08. The maximum atomic E-state index is 13.2. The number of nitrogens with one attached hydrogen (secondary N) is 2. The van der Waals surface area contributed by atoms with Gasteiger partial charge in [0.25, 0.3) is 0 Å². The van der Waals surface area contributed by atoms with Gasteiger partial charge in [-0.3, -0.25) is 0 Å². The fourth-order valence-electron chi connectivity index (χ4n) is 2.29. The van der Waals surface area contributed by atoms with Crippen molar-refractivity contribution < 1.29 is 13.6 Å². The molecule has 2 N–H and O–H groups in total. The Morgan fingerprint density at radius 3 is 2.42 bits per heavy atom. The second kappa shape index (κ2) is 7.23. The van der Waals surface area contributed by atoms with Crippen LogP contribution in [0.4, 0.5) is 19.3 Å². The number of rotatable bonds is 4. The van der Waals surface area contributed by atoms with Gasteiger partial charge in [0.05, 0.1) is 6.04 Å². The molecule has 0 fully saturated rings. The molecule has 6 heteroatoms. The molecule has 1 atom stereocenters. The van der Waals surface area contributed by atoms with Crippen molar-refractivity contribution in [3.05, 3.63) is 88.1 Å². The molecular weight excluding hydrogens is 330 g/mol. The molecule has 0 saturated heterocycles. The molecule has 2 aromatic carbocycles. The molecule has 0 aliphatic heterocycles. The molecule has 0 spiro atoms. The van der Waals surface area contributed by atoms with E-state index in [0.717, 1.165) is 10.4 Å². The maximum Gasteiger partial charge on any atom is 0.320 e. The predicted octanol–water partition coefficient (Wildman–Crippen LogP) is 4.94. The number of halogens is 2. The first kappa shape index (κ1) is 16.1. The molecule has 3 aromatic rings. The Labute approximate surface area is 142 Å². The molecule has 3 rings (SSSR count). The molecule has 1 heterocycles. The van der Waals surface area contributed by atoms with Gasteiger partial charge < -0.3 is 10.6 Å². The van der Waals surface area contributed by atoms with Crippen molar-refractivity contribution in [3.63, 3.8) is 0 Å². The summed E-state index contributed by atoms with van der Waals surface area (Å²) in [5.41, 5.74) is 1.12. The average molecular weight is 344 g/mol. The first-order chi connectivity index (χ1) is 11.6. The van der Waals surface area contributed by atoms with Crippen molar-refractivity contribution in [2.24, 2.45) is 0 Å². The molecular formula is C18H14F2N2OS. The zero-order chi connectivity index (χ0) is 16.9. The zero-order valence-electron chi connectivity index (χ0n) is 12.5. The minimum absolute atomic E-state index is 0.340. The van der Waals surface area contributed by atoms with Crippen molar-refractivity contribution in [3.8, 4) is 0 Å². The van der Waals surface area contributed by atoms with Crippen LogP contribution >= 0.6 is 11.3 Å². The van der Waals surface area contributed by atoms with Crippen LogP contribution in [0, 0.1) is 11.6 Å². The molecule has 1 unspecified atom stereocenters. The van der Waals surface area contributed by atoms with Crippen LogP contribution in [0.15, 0.2) is 66.0 Å². The Morgan fingerprint density at radius 1 is 0.958 bits per heavy atom. The van der Waals surface area contributed by atoms with Gasteiger partial charge in [-0.05, 0) is 47.3 Å². The summed E-state index contributed by atoms with van der Waals surface area (Å²) in [5.74, 6) is -0.769. The molecule has 0 bridgehead atoms. The summed E-state index contributed by atoms with van der Waals surface area (Å²) in [6, 6.07) is 14.5. The molecule has 1 aromatic heterocycles. The van der Waals surface area contributed by atoms with Gasteiger partial charge in [0.2, 0.25) is 0 Å². The quantitative estimate of drug-likeness (QED) is 0.692. The van der Waals surface area contributed by atoms with Crippen LogP contribution in [0.3, 0.4) is 0 Å². The third-order valence-electron chi connectivity index (χ3n) is 3.39. The van der Waals surface area contributed by atoms with Gasteiger partial charge in [-0.2, -0.15) is 0 Å². The summed E-state index contributed by atoms with van der Waals surface area (Å²) < 4.78 is 26.3. The number of anilines is 1. The molecule has 0 saturated carbocycles. The Kier molecular flexibility index (Phi) is 4.86.